The highest BCUT2D eigenvalue weighted by atomic mass is 16.7. The Hall–Kier alpha value is -2.50. The molecule has 98 valence electrons. The van der Waals surface area contributed by atoms with E-state index in [1.54, 1.807) is 31.2 Å². The number of urea groups is 1. The van der Waals surface area contributed by atoms with E-state index in [1.807, 2.05) is 0 Å². The van der Waals surface area contributed by atoms with Crippen molar-refractivity contribution in [3.05, 3.63) is 29.5 Å². The summed E-state index contributed by atoms with van der Waals surface area (Å²) in [6.07, 6.45) is 1.62. The molecule has 0 aliphatic carbocycles. The van der Waals surface area contributed by atoms with Crippen molar-refractivity contribution in [1.29, 1.82) is 0 Å². The average Bonchev–Trinajstić information content (AvgIpc) is 2.95. The van der Waals surface area contributed by atoms with E-state index in [-0.39, 0.29) is 24.4 Å². The van der Waals surface area contributed by atoms with E-state index in [0.29, 0.717) is 18.0 Å². The zero-order valence-corrected chi connectivity index (χ0v) is 10.3. The molecule has 0 bridgehead atoms. The predicted octanol–water partition coefficient (Wildman–Crippen LogP) is 1.33. The number of likely N-dealkylation sites (N-methyl/N-ethyl adjacent to an activating group) is 1. The van der Waals surface area contributed by atoms with Gasteiger partial charge < -0.3 is 14.8 Å². The van der Waals surface area contributed by atoms with Crippen LogP contribution in [0.5, 0.6) is 11.5 Å². The third kappa shape index (κ3) is 1.91. The Balaban J connectivity index is 1.90. The van der Waals surface area contributed by atoms with Crippen molar-refractivity contribution in [1.82, 2.24) is 10.2 Å². The molecule has 0 atom stereocenters. The second-order valence-corrected chi connectivity index (χ2v) is 4.15. The lowest BCUT2D eigenvalue weighted by Crippen LogP contribution is -2.30. The molecule has 2 aliphatic heterocycles. The summed E-state index contributed by atoms with van der Waals surface area (Å²) in [7, 11) is 0. The Morgan fingerprint density at radius 2 is 2.11 bits per heavy atom. The summed E-state index contributed by atoms with van der Waals surface area (Å²) in [5.41, 5.74) is 1.04. The van der Waals surface area contributed by atoms with Gasteiger partial charge in [0.1, 0.15) is 5.70 Å². The zero-order valence-electron chi connectivity index (χ0n) is 10.3. The van der Waals surface area contributed by atoms with E-state index in [0.717, 1.165) is 10.5 Å². The highest BCUT2D eigenvalue weighted by Gasteiger charge is 2.32. The van der Waals surface area contributed by atoms with E-state index in [4.69, 9.17) is 9.47 Å². The van der Waals surface area contributed by atoms with Gasteiger partial charge in [-0.05, 0) is 30.7 Å². The molecule has 1 saturated heterocycles. The molecule has 6 heteroatoms. The monoisotopic (exact) mass is 260 g/mol. The second-order valence-electron chi connectivity index (χ2n) is 4.15. The van der Waals surface area contributed by atoms with Crippen LogP contribution in [0.4, 0.5) is 4.79 Å². The van der Waals surface area contributed by atoms with Gasteiger partial charge in [0.05, 0.1) is 0 Å². The summed E-state index contributed by atoms with van der Waals surface area (Å²) in [4.78, 5) is 24.6. The zero-order chi connectivity index (χ0) is 13.4. The normalized spacial score (nSPS) is 19.2. The fraction of sp³-hybridized carbons (Fsp3) is 0.231. The van der Waals surface area contributed by atoms with Gasteiger partial charge in [-0.3, -0.25) is 9.69 Å². The van der Waals surface area contributed by atoms with Crippen molar-refractivity contribution in [3.63, 3.8) is 0 Å². The predicted molar refractivity (Wildman–Crippen MR) is 66.5 cm³/mol. The number of rotatable bonds is 2. The first kappa shape index (κ1) is 11.6. The number of nitrogens with zero attached hydrogens (tertiary/aromatic N) is 1. The van der Waals surface area contributed by atoms with Crippen LogP contribution in [0.1, 0.15) is 12.5 Å². The Morgan fingerprint density at radius 3 is 2.84 bits per heavy atom. The van der Waals surface area contributed by atoms with Gasteiger partial charge in [-0.25, -0.2) is 4.79 Å². The second kappa shape index (κ2) is 4.31. The molecule has 2 heterocycles. The Labute approximate surface area is 109 Å². The summed E-state index contributed by atoms with van der Waals surface area (Å²) < 4.78 is 10.5. The van der Waals surface area contributed by atoms with Crippen LogP contribution in [-0.2, 0) is 4.79 Å². The largest absolute Gasteiger partial charge is 0.454 e. The molecule has 1 aromatic rings. The third-order valence-electron chi connectivity index (χ3n) is 2.99. The molecule has 0 aromatic heterocycles. The molecule has 6 nitrogen and oxygen atoms in total. The van der Waals surface area contributed by atoms with Gasteiger partial charge in [0.2, 0.25) is 6.79 Å². The molecular formula is C13H12N2O4. The van der Waals surface area contributed by atoms with Crippen LogP contribution in [-0.4, -0.2) is 30.2 Å². The molecule has 0 saturated carbocycles. The Morgan fingerprint density at radius 1 is 1.32 bits per heavy atom. The van der Waals surface area contributed by atoms with Crippen LogP contribution >= 0.6 is 0 Å². The van der Waals surface area contributed by atoms with Crippen LogP contribution in [0.15, 0.2) is 23.9 Å². The lowest BCUT2D eigenvalue weighted by Gasteiger charge is -2.06. The number of amides is 3. The number of hydrogen-bond acceptors (Lipinski definition) is 4. The van der Waals surface area contributed by atoms with Crippen molar-refractivity contribution in [3.8, 4) is 11.5 Å². The first-order valence-corrected chi connectivity index (χ1v) is 5.93. The maximum Gasteiger partial charge on any atom is 0.328 e. The number of carbonyl (C=O) groups is 2. The fourth-order valence-corrected chi connectivity index (χ4v) is 2.03. The summed E-state index contributed by atoms with van der Waals surface area (Å²) in [6, 6.07) is 4.95. The van der Waals surface area contributed by atoms with Gasteiger partial charge in [-0.2, -0.15) is 0 Å². The number of carbonyl (C=O) groups excluding carboxylic acids is 2. The van der Waals surface area contributed by atoms with Crippen molar-refractivity contribution >= 4 is 18.0 Å². The van der Waals surface area contributed by atoms with Gasteiger partial charge in [0, 0.05) is 6.54 Å². The van der Waals surface area contributed by atoms with Crippen molar-refractivity contribution in [2.75, 3.05) is 13.3 Å². The highest BCUT2D eigenvalue weighted by Crippen LogP contribution is 2.33. The van der Waals surface area contributed by atoms with E-state index < -0.39 is 0 Å². The van der Waals surface area contributed by atoms with Crippen molar-refractivity contribution < 1.29 is 19.1 Å². The summed E-state index contributed by atoms with van der Waals surface area (Å²) in [5.74, 6) is 1.00. The molecule has 1 N–H and O–H groups in total. The van der Waals surface area contributed by atoms with Crippen LogP contribution in [0, 0.1) is 0 Å². The number of ether oxygens (including phenoxy) is 2. The van der Waals surface area contributed by atoms with Gasteiger partial charge in [0.15, 0.2) is 11.5 Å². The standard InChI is InChI=1S/C13H12N2O4/c1-2-15-12(16)9(14-13(15)17)5-8-3-4-10-11(6-8)19-7-18-10/h3-6H,2,7H2,1H3,(H,14,17)/b9-5+. The van der Waals surface area contributed by atoms with E-state index in [1.165, 1.54) is 0 Å². The van der Waals surface area contributed by atoms with Crippen LogP contribution < -0.4 is 14.8 Å². The molecule has 2 aliphatic rings. The Bertz CT molecular complexity index is 594. The number of fused-ring (bicyclic) bond motifs is 1. The highest BCUT2D eigenvalue weighted by molar-refractivity contribution is 6.13. The first-order valence-electron chi connectivity index (χ1n) is 5.93. The van der Waals surface area contributed by atoms with Gasteiger partial charge in [0.25, 0.3) is 5.91 Å². The van der Waals surface area contributed by atoms with Crippen LogP contribution in [0.3, 0.4) is 0 Å². The van der Waals surface area contributed by atoms with Gasteiger partial charge >= 0.3 is 6.03 Å². The van der Waals surface area contributed by atoms with Crippen LogP contribution in [0.25, 0.3) is 6.08 Å². The molecular weight excluding hydrogens is 248 g/mol. The van der Waals surface area contributed by atoms with Gasteiger partial charge in [-0.1, -0.05) is 6.07 Å². The first-order chi connectivity index (χ1) is 9.19. The molecule has 3 amide bonds. The fourth-order valence-electron chi connectivity index (χ4n) is 2.03. The third-order valence-corrected chi connectivity index (χ3v) is 2.99. The number of benzene rings is 1. The number of hydrogen-bond donors (Lipinski definition) is 1. The van der Waals surface area contributed by atoms with E-state index in [9.17, 15) is 9.59 Å². The minimum atomic E-state index is -0.389. The van der Waals surface area contributed by atoms with Crippen LogP contribution in [0.2, 0.25) is 0 Å². The number of nitrogens with one attached hydrogen (secondary N) is 1. The molecule has 1 fully saturated rings. The van der Waals surface area contributed by atoms with E-state index in [2.05, 4.69) is 5.32 Å². The quantitative estimate of drug-likeness (QED) is 0.643. The molecule has 0 spiro atoms. The topological polar surface area (TPSA) is 67.9 Å². The molecule has 0 radical (unpaired) electrons. The average molecular weight is 260 g/mol. The van der Waals surface area contributed by atoms with Gasteiger partial charge in [-0.15, -0.1) is 0 Å². The SMILES string of the molecule is CCN1C(=O)N/C(=C/c2ccc3c(c2)OCO3)C1=O. The summed E-state index contributed by atoms with van der Waals surface area (Å²) in [6.45, 7) is 2.30. The lowest BCUT2D eigenvalue weighted by atomic mass is 10.1. The summed E-state index contributed by atoms with van der Waals surface area (Å²) in [5, 5.41) is 2.55. The minimum absolute atomic E-state index is 0.203. The Kier molecular flexibility index (Phi) is 2.63. The number of imide groups is 1. The molecule has 19 heavy (non-hydrogen) atoms. The smallest absolute Gasteiger partial charge is 0.328 e. The van der Waals surface area contributed by atoms with Crippen molar-refractivity contribution in [2.45, 2.75) is 6.92 Å². The summed E-state index contributed by atoms with van der Waals surface area (Å²) >= 11 is 0. The van der Waals surface area contributed by atoms with E-state index >= 15 is 0 Å². The minimum Gasteiger partial charge on any atom is -0.454 e. The lowest BCUT2D eigenvalue weighted by molar-refractivity contribution is -0.122. The maximum absolute atomic E-state index is 11.9. The van der Waals surface area contributed by atoms with Crippen molar-refractivity contribution in [2.24, 2.45) is 0 Å². The molecule has 1 aromatic carbocycles. The molecule has 0 unspecified atom stereocenters. The molecule has 3 rings (SSSR count). The maximum atomic E-state index is 11.9.